The van der Waals surface area contributed by atoms with E-state index in [1.54, 1.807) is 13.3 Å². The van der Waals surface area contributed by atoms with E-state index in [-0.39, 0.29) is 0 Å². The molecule has 2 aromatic rings. The molecule has 0 aliphatic rings. The number of hydrogen-bond acceptors (Lipinski definition) is 4. The molecule has 0 aliphatic heterocycles. The number of hydrogen-bond donors (Lipinski definition) is 0. The normalized spacial score (nSPS) is 10.1. The number of ether oxygens (including phenoxy) is 2. The van der Waals surface area contributed by atoms with Gasteiger partial charge in [-0.2, -0.15) is 0 Å². The van der Waals surface area contributed by atoms with Crippen molar-refractivity contribution >= 4 is 15.9 Å². The van der Waals surface area contributed by atoms with E-state index in [1.807, 2.05) is 24.3 Å². The van der Waals surface area contributed by atoms with E-state index in [4.69, 9.17) is 13.9 Å². The molecule has 0 unspecified atom stereocenters. The first-order valence-electron chi connectivity index (χ1n) is 4.65. The second-order valence-corrected chi connectivity index (χ2v) is 3.73. The summed E-state index contributed by atoms with van der Waals surface area (Å²) in [5.74, 6) is 2.15. The fraction of sp³-hybridized carbons (Fsp3) is 0.182. The summed E-state index contributed by atoms with van der Waals surface area (Å²) in [4.78, 5) is 4.36. The maximum Gasteiger partial charge on any atom is 0.264 e. The Labute approximate surface area is 101 Å². The van der Waals surface area contributed by atoms with Crippen LogP contribution in [0.2, 0.25) is 0 Å². The Morgan fingerprint density at radius 3 is 2.88 bits per heavy atom. The Bertz CT molecular complexity index is 470. The van der Waals surface area contributed by atoms with E-state index < -0.39 is 0 Å². The number of halogens is 1. The van der Waals surface area contributed by atoms with Crippen molar-refractivity contribution in [2.24, 2.45) is 0 Å². The molecular weight excluding hydrogens is 274 g/mol. The minimum absolute atomic E-state index is 0.339. The predicted octanol–water partition coefficient (Wildman–Crippen LogP) is 3.02. The first kappa shape index (κ1) is 11.0. The van der Waals surface area contributed by atoms with E-state index in [0.29, 0.717) is 17.2 Å². The van der Waals surface area contributed by atoms with Gasteiger partial charge in [-0.25, -0.2) is 4.98 Å². The van der Waals surface area contributed by atoms with Crippen LogP contribution in [0.25, 0.3) is 0 Å². The van der Waals surface area contributed by atoms with Crippen LogP contribution in [-0.4, -0.2) is 12.1 Å². The van der Waals surface area contributed by atoms with Crippen molar-refractivity contribution in [1.82, 2.24) is 4.98 Å². The largest absolute Gasteiger partial charge is 0.497 e. The molecular formula is C11H10BrNO3. The van der Waals surface area contributed by atoms with Crippen LogP contribution in [0, 0.1) is 0 Å². The average molecular weight is 284 g/mol. The second-order valence-electron chi connectivity index (χ2n) is 3.05. The van der Waals surface area contributed by atoms with Crippen molar-refractivity contribution in [3.05, 3.63) is 41.0 Å². The van der Waals surface area contributed by atoms with E-state index in [0.717, 1.165) is 11.5 Å². The fourth-order valence-corrected chi connectivity index (χ4v) is 1.51. The lowest BCUT2D eigenvalue weighted by atomic mass is 10.3. The zero-order valence-electron chi connectivity index (χ0n) is 8.64. The van der Waals surface area contributed by atoms with Gasteiger partial charge < -0.3 is 13.9 Å². The molecule has 0 amide bonds. The standard InChI is InChI=1S/C11H10BrNO3/c1-14-8-3-2-4-9(5-8)15-7-10-6-13-11(12)16-10/h2-6H,7H2,1H3. The van der Waals surface area contributed by atoms with Crippen molar-refractivity contribution in [1.29, 1.82) is 0 Å². The topological polar surface area (TPSA) is 44.5 Å². The molecule has 2 rings (SSSR count). The van der Waals surface area contributed by atoms with Crippen LogP contribution in [0.4, 0.5) is 0 Å². The lowest BCUT2D eigenvalue weighted by molar-refractivity contribution is 0.266. The molecule has 5 heteroatoms. The highest BCUT2D eigenvalue weighted by molar-refractivity contribution is 9.10. The molecule has 0 spiro atoms. The lowest BCUT2D eigenvalue weighted by Gasteiger charge is -2.05. The Kier molecular flexibility index (Phi) is 3.46. The van der Waals surface area contributed by atoms with Crippen LogP contribution in [0.5, 0.6) is 11.5 Å². The lowest BCUT2D eigenvalue weighted by Crippen LogP contribution is -1.94. The van der Waals surface area contributed by atoms with Crippen LogP contribution >= 0.6 is 15.9 Å². The molecule has 16 heavy (non-hydrogen) atoms. The summed E-state index contributed by atoms with van der Waals surface area (Å²) in [6, 6.07) is 7.39. The molecule has 0 N–H and O–H groups in total. The van der Waals surface area contributed by atoms with Gasteiger partial charge in [-0.1, -0.05) is 6.07 Å². The maximum atomic E-state index is 5.51. The van der Waals surface area contributed by atoms with E-state index in [1.165, 1.54) is 0 Å². The van der Waals surface area contributed by atoms with E-state index >= 15 is 0 Å². The van der Waals surface area contributed by atoms with Gasteiger partial charge in [0.2, 0.25) is 0 Å². The van der Waals surface area contributed by atoms with Crippen LogP contribution in [0.15, 0.2) is 39.7 Å². The Morgan fingerprint density at radius 2 is 2.19 bits per heavy atom. The third-order valence-corrected chi connectivity index (χ3v) is 2.31. The van der Waals surface area contributed by atoms with Gasteiger partial charge in [0.25, 0.3) is 4.80 Å². The van der Waals surface area contributed by atoms with Crippen molar-refractivity contribution in [2.45, 2.75) is 6.61 Å². The molecule has 4 nitrogen and oxygen atoms in total. The number of benzene rings is 1. The molecule has 84 valence electrons. The summed E-state index contributed by atoms with van der Waals surface area (Å²) in [6.07, 6.45) is 1.62. The molecule has 0 aliphatic carbocycles. The summed E-state index contributed by atoms with van der Waals surface area (Å²) in [7, 11) is 1.62. The number of methoxy groups -OCH3 is 1. The zero-order chi connectivity index (χ0) is 11.4. The van der Waals surface area contributed by atoms with Crippen LogP contribution in [-0.2, 0) is 6.61 Å². The summed E-state index contributed by atoms with van der Waals surface area (Å²) >= 11 is 3.13. The summed E-state index contributed by atoms with van der Waals surface area (Å²) in [5.41, 5.74) is 0. The molecule has 1 aromatic carbocycles. The fourth-order valence-electron chi connectivity index (χ4n) is 1.20. The molecule has 0 radical (unpaired) electrons. The van der Waals surface area contributed by atoms with Crippen molar-refractivity contribution in [3.63, 3.8) is 0 Å². The number of oxazole rings is 1. The number of nitrogens with zero attached hydrogens (tertiary/aromatic N) is 1. The van der Waals surface area contributed by atoms with Crippen molar-refractivity contribution in [3.8, 4) is 11.5 Å². The van der Waals surface area contributed by atoms with Crippen LogP contribution in [0.1, 0.15) is 5.76 Å². The summed E-state index contributed by atoms with van der Waals surface area (Å²) in [6.45, 7) is 0.339. The highest BCUT2D eigenvalue weighted by atomic mass is 79.9. The molecule has 0 atom stereocenters. The average Bonchev–Trinajstić information content (AvgIpc) is 2.73. The zero-order valence-corrected chi connectivity index (χ0v) is 10.2. The van der Waals surface area contributed by atoms with Gasteiger partial charge in [-0.15, -0.1) is 0 Å². The second kappa shape index (κ2) is 5.03. The summed E-state index contributed by atoms with van der Waals surface area (Å²) < 4.78 is 15.8. The van der Waals surface area contributed by atoms with Gasteiger partial charge in [0.1, 0.15) is 18.1 Å². The summed E-state index contributed by atoms with van der Waals surface area (Å²) in [5, 5.41) is 0. The third-order valence-electron chi connectivity index (χ3n) is 1.95. The molecule has 0 fully saturated rings. The molecule has 0 bridgehead atoms. The molecule has 0 saturated heterocycles. The monoisotopic (exact) mass is 283 g/mol. The van der Waals surface area contributed by atoms with Gasteiger partial charge in [0, 0.05) is 22.0 Å². The quantitative estimate of drug-likeness (QED) is 0.865. The van der Waals surface area contributed by atoms with Gasteiger partial charge in [-0.3, -0.25) is 0 Å². The minimum Gasteiger partial charge on any atom is -0.497 e. The van der Waals surface area contributed by atoms with Crippen LogP contribution in [0.3, 0.4) is 0 Å². The van der Waals surface area contributed by atoms with Crippen molar-refractivity contribution < 1.29 is 13.9 Å². The van der Waals surface area contributed by atoms with Gasteiger partial charge in [0.15, 0.2) is 5.76 Å². The molecule has 1 aromatic heterocycles. The number of rotatable bonds is 4. The van der Waals surface area contributed by atoms with Gasteiger partial charge in [0.05, 0.1) is 13.3 Å². The SMILES string of the molecule is COc1cccc(OCc2cnc(Br)o2)c1. The Balaban J connectivity index is 1.99. The van der Waals surface area contributed by atoms with E-state index in [9.17, 15) is 0 Å². The van der Waals surface area contributed by atoms with Gasteiger partial charge in [-0.05, 0) is 12.1 Å². The highest BCUT2D eigenvalue weighted by Crippen LogP contribution is 2.20. The Morgan fingerprint density at radius 1 is 1.38 bits per heavy atom. The Hall–Kier alpha value is -1.49. The molecule has 1 heterocycles. The van der Waals surface area contributed by atoms with Gasteiger partial charge >= 0.3 is 0 Å². The number of aromatic nitrogens is 1. The van der Waals surface area contributed by atoms with E-state index in [2.05, 4.69) is 20.9 Å². The first-order chi connectivity index (χ1) is 7.78. The highest BCUT2D eigenvalue weighted by Gasteiger charge is 2.02. The minimum atomic E-state index is 0.339. The smallest absolute Gasteiger partial charge is 0.264 e. The van der Waals surface area contributed by atoms with Crippen LogP contribution < -0.4 is 9.47 Å². The van der Waals surface area contributed by atoms with Crippen molar-refractivity contribution in [2.75, 3.05) is 7.11 Å². The molecule has 0 saturated carbocycles. The first-order valence-corrected chi connectivity index (χ1v) is 5.44. The predicted molar refractivity (Wildman–Crippen MR) is 61.5 cm³/mol. The maximum absolute atomic E-state index is 5.51. The third kappa shape index (κ3) is 2.76.